The van der Waals surface area contributed by atoms with E-state index in [1.54, 1.807) is 0 Å². The molecular weight excluding hydrogens is 240 g/mol. The molecule has 1 unspecified atom stereocenters. The molecule has 0 saturated carbocycles. The average Bonchev–Trinajstić information content (AvgIpc) is 2.28. The van der Waals surface area contributed by atoms with Gasteiger partial charge in [-0.05, 0) is 30.9 Å². The molecule has 0 aliphatic carbocycles. The summed E-state index contributed by atoms with van der Waals surface area (Å²) >= 11 is 7.87. The van der Waals surface area contributed by atoms with Gasteiger partial charge in [-0.1, -0.05) is 17.7 Å². The maximum Gasteiger partial charge on any atom is 0.0426 e. The maximum atomic E-state index is 6.03. The second kappa shape index (κ2) is 6.38. The SMILES string of the molecule is CSCC(C)N(C)c1cc(Cl)ccc1CN. The summed E-state index contributed by atoms with van der Waals surface area (Å²) in [4.78, 5) is 2.24. The number of anilines is 1. The van der Waals surface area contributed by atoms with Crippen molar-refractivity contribution < 1.29 is 0 Å². The Hall–Kier alpha value is -0.380. The van der Waals surface area contributed by atoms with Crippen molar-refractivity contribution in [2.24, 2.45) is 5.73 Å². The van der Waals surface area contributed by atoms with E-state index in [2.05, 4.69) is 25.1 Å². The van der Waals surface area contributed by atoms with Gasteiger partial charge in [0, 0.05) is 36.1 Å². The van der Waals surface area contributed by atoms with Crippen LogP contribution in [0.15, 0.2) is 18.2 Å². The molecule has 2 N–H and O–H groups in total. The number of nitrogens with zero attached hydrogens (tertiary/aromatic N) is 1. The number of thioether (sulfide) groups is 1. The van der Waals surface area contributed by atoms with Crippen molar-refractivity contribution in [3.8, 4) is 0 Å². The van der Waals surface area contributed by atoms with Gasteiger partial charge in [-0.25, -0.2) is 0 Å². The Morgan fingerprint density at radius 1 is 1.50 bits per heavy atom. The van der Waals surface area contributed by atoms with E-state index in [9.17, 15) is 0 Å². The second-order valence-electron chi connectivity index (χ2n) is 3.89. The number of hydrogen-bond donors (Lipinski definition) is 1. The summed E-state index contributed by atoms with van der Waals surface area (Å²) in [6, 6.07) is 6.35. The van der Waals surface area contributed by atoms with Gasteiger partial charge in [0.1, 0.15) is 0 Å². The third kappa shape index (κ3) is 3.30. The fraction of sp³-hybridized carbons (Fsp3) is 0.500. The summed E-state index contributed by atoms with van der Waals surface area (Å²) < 4.78 is 0. The predicted octanol–water partition coefficient (Wildman–Crippen LogP) is 2.99. The highest BCUT2D eigenvalue weighted by molar-refractivity contribution is 7.98. The standard InChI is InChI=1S/C12H19ClN2S/c1-9(8-16-3)15(2)12-6-11(13)5-4-10(12)7-14/h4-6,9H,7-8,14H2,1-3H3. The molecule has 1 atom stereocenters. The molecule has 0 bridgehead atoms. The van der Waals surface area contributed by atoms with Crippen LogP contribution < -0.4 is 10.6 Å². The molecule has 1 aromatic carbocycles. The van der Waals surface area contributed by atoms with Gasteiger partial charge in [0.25, 0.3) is 0 Å². The van der Waals surface area contributed by atoms with Crippen LogP contribution in [-0.2, 0) is 6.54 Å². The van der Waals surface area contributed by atoms with E-state index in [-0.39, 0.29) is 0 Å². The molecule has 0 radical (unpaired) electrons. The van der Waals surface area contributed by atoms with Gasteiger partial charge in [-0.2, -0.15) is 11.8 Å². The van der Waals surface area contributed by atoms with E-state index < -0.39 is 0 Å². The van der Waals surface area contributed by atoms with Crippen LogP contribution in [0.4, 0.5) is 5.69 Å². The molecule has 0 fully saturated rings. The first-order valence-electron chi connectivity index (χ1n) is 5.30. The highest BCUT2D eigenvalue weighted by Gasteiger charge is 2.12. The number of rotatable bonds is 5. The molecule has 0 aliphatic heterocycles. The van der Waals surface area contributed by atoms with Crippen LogP contribution in [0.25, 0.3) is 0 Å². The van der Waals surface area contributed by atoms with Gasteiger partial charge in [0.2, 0.25) is 0 Å². The van der Waals surface area contributed by atoms with Gasteiger partial charge in [0.15, 0.2) is 0 Å². The van der Waals surface area contributed by atoms with Crippen LogP contribution in [0.1, 0.15) is 12.5 Å². The van der Waals surface area contributed by atoms with Crippen molar-refractivity contribution in [1.82, 2.24) is 0 Å². The van der Waals surface area contributed by atoms with E-state index in [1.807, 2.05) is 30.0 Å². The molecule has 0 spiro atoms. The lowest BCUT2D eigenvalue weighted by atomic mass is 10.1. The molecule has 0 aromatic heterocycles. The summed E-state index contributed by atoms with van der Waals surface area (Å²) in [5.74, 6) is 1.09. The first-order valence-corrected chi connectivity index (χ1v) is 7.07. The van der Waals surface area contributed by atoms with E-state index in [0.29, 0.717) is 12.6 Å². The molecule has 1 rings (SSSR count). The van der Waals surface area contributed by atoms with E-state index in [4.69, 9.17) is 17.3 Å². The maximum absolute atomic E-state index is 6.03. The molecule has 0 amide bonds. The number of hydrogen-bond acceptors (Lipinski definition) is 3. The normalized spacial score (nSPS) is 12.6. The highest BCUT2D eigenvalue weighted by Crippen LogP contribution is 2.25. The molecule has 1 aromatic rings. The van der Waals surface area contributed by atoms with E-state index in [0.717, 1.165) is 22.0 Å². The lowest BCUT2D eigenvalue weighted by Crippen LogP contribution is -2.31. The van der Waals surface area contributed by atoms with E-state index in [1.165, 1.54) is 0 Å². The predicted molar refractivity (Wildman–Crippen MR) is 75.6 cm³/mol. The molecule has 0 heterocycles. The Labute approximate surface area is 107 Å². The van der Waals surface area contributed by atoms with E-state index >= 15 is 0 Å². The van der Waals surface area contributed by atoms with Crippen LogP contribution in [0.3, 0.4) is 0 Å². The molecule has 0 saturated heterocycles. The quantitative estimate of drug-likeness (QED) is 0.881. The molecule has 2 nitrogen and oxygen atoms in total. The lowest BCUT2D eigenvalue weighted by Gasteiger charge is -2.28. The third-order valence-electron chi connectivity index (χ3n) is 2.72. The highest BCUT2D eigenvalue weighted by atomic mass is 35.5. The van der Waals surface area contributed by atoms with Gasteiger partial charge < -0.3 is 10.6 Å². The average molecular weight is 259 g/mol. The molecule has 16 heavy (non-hydrogen) atoms. The lowest BCUT2D eigenvalue weighted by molar-refractivity contribution is 0.760. The summed E-state index contributed by atoms with van der Waals surface area (Å²) in [6.07, 6.45) is 2.12. The van der Waals surface area contributed by atoms with Crippen LogP contribution in [-0.4, -0.2) is 25.1 Å². The van der Waals surface area contributed by atoms with Crippen molar-refractivity contribution in [3.63, 3.8) is 0 Å². The fourth-order valence-corrected chi connectivity index (χ4v) is 2.50. The van der Waals surface area contributed by atoms with Gasteiger partial charge in [-0.15, -0.1) is 0 Å². The van der Waals surface area contributed by atoms with Crippen molar-refractivity contribution >= 4 is 29.1 Å². The Bertz CT molecular complexity index is 344. The third-order valence-corrected chi connectivity index (χ3v) is 3.77. The summed E-state index contributed by atoms with van der Waals surface area (Å²) in [5.41, 5.74) is 8.01. The molecule has 0 aliphatic rings. The van der Waals surface area contributed by atoms with Crippen molar-refractivity contribution in [2.45, 2.75) is 19.5 Å². The Balaban J connectivity index is 2.96. The second-order valence-corrected chi connectivity index (χ2v) is 5.24. The first kappa shape index (κ1) is 13.7. The van der Waals surface area contributed by atoms with Crippen LogP contribution in [0.2, 0.25) is 5.02 Å². The van der Waals surface area contributed by atoms with Gasteiger partial charge in [0.05, 0.1) is 0 Å². The smallest absolute Gasteiger partial charge is 0.0426 e. The summed E-state index contributed by atoms with van der Waals surface area (Å²) in [5, 5.41) is 0.760. The topological polar surface area (TPSA) is 29.3 Å². The minimum absolute atomic E-state index is 0.471. The van der Waals surface area contributed by atoms with Gasteiger partial charge in [-0.3, -0.25) is 0 Å². The molecule has 4 heteroatoms. The Morgan fingerprint density at radius 2 is 2.19 bits per heavy atom. The summed E-state index contributed by atoms with van der Waals surface area (Å²) in [6.45, 7) is 2.75. The van der Waals surface area contributed by atoms with Crippen LogP contribution >= 0.6 is 23.4 Å². The monoisotopic (exact) mass is 258 g/mol. The molecular formula is C12H19ClN2S. The van der Waals surface area contributed by atoms with Crippen LogP contribution in [0, 0.1) is 0 Å². The van der Waals surface area contributed by atoms with Crippen LogP contribution in [0.5, 0.6) is 0 Å². The zero-order chi connectivity index (χ0) is 12.1. The van der Waals surface area contributed by atoms with Crippen molar-refractivity contribution in [3.05, 3.63) is 28.8 Å². The Kier molecular flexibility index (Phi) is 5.46. The van der Waals surface area contributed by atoms with Crippen molar-refractivity contribution in [1.29, 1.82) is 0 Å². The fourth-order valence-electron chi connectivity index (χ4n) is 1.63. The zero-order valence-corrected chi connectivity index (χ0v) is 11.6. The zero-order valence-electron chi connectivity index (χ0n) is 10.0. The summed E-state index contributed by atoms with van der Waals surface area (Å²) in [7, 11) is 2.09. The van der Waals surface area contributed by atoms with Crippen molar-refractivity contribution in [2.75, 3.05) is 24.0 Å². The van der Waals surface area contributed by atoms with Gasteiger partial charge >= 0.3 is 0 Å². The minimum atomic E-state index is 0.471. The Morgan fingerprint density at radius 3 is 2.75 bits per heavy atom. The molecule has 90 valence electrons. The number of benzene rings is 1. The number of nitrogens with two attached hydrogens (primary N) is 1. The minimum Gasteiger partial charge on any atom is -0.371 e. The largest absolute Gasteiger partial charge is 0.371 e. The first-order chi connectivity index (χ1) is 7.60. The number of halogens is 1.